The summed E-state index contributed by atoms with van der Waals surface area (Å²) in [7, 11) is 3.43. The number of anilines is 1. The third-order valence-electron chi connectivity index (χ3n) is 10.00. The van der Waals surface area contributed by atoms with Crippen LogP contribution in [0.4, 0.5) is 14.5 Å². The smallest absolute Gasteiger partial charge is 0.146 e. The van der Waals surface area contributed by atoms with E-state index in [1.54, 1.807) is 19.0 Å². The van der Waals surface area contributed by atoms with E-state index in [1.807, 2.05) is 6.08 Å². The Kier molecular flexibility index (Phi) is 5.67. The average molecular weight is 494 g/mol. The molecule has 36 heavy (non-hydrogen) atoms. The van der Waals surface area contributed by atoms with Gasteiger partial charge in [-0.3, -0.25) is 0 Å². The van der Waals surface area contributed by atoms with Gasteiger partial charge >= 0.3 is 0 Å². The average Bonchev–Trinajstić information content (AvgIpc) is 3.63. The number of rotatable bonds is 2. The summed E-state index contributed by atoms with van der Waals surface area (Å²) in [6.07, 6.45) is 9.08. The molecule has 0 amide bonds. The lowest BCUT2D eigenvalue weighted by Crippen LogP contribution is -2.51. The molecule has 0 aliphatic heterocycles. The Balaban J connectivity index is 1.52. The molecule has 5 heteroatoms. The summed E-state index contributed by atoms with van der Waals surface area (Å²) >= 11 is 0. The van der Waals surface area contributed by atoms with Gasteiger partial charge in [0.1, 0.15) is 17.2 Å². The minimum absolute atomic E-state index is 0.212. The van der Waals surface area contributed by atoms with E-state index in [9.17, 15) is 10.2 Å². The van der Waals surface area contributed by atoms with Gasteiger partial charge in [-0.1, -0.05) is 30.4 Å². The summed E-state index contributed by atoms with van der Waals surface area (Å²) in [6, 6.07) is 2.71. The molecule has 192 valence electrons. The number of benzene rings is 1. The predicted molar refractivity (Wildman–Crippen MR) is 137 cm³/mol. The van der Waals surface area contributed by atoms with Crippen LogP contribution in [-0.4, -0.2) is 36.0 Å². The maximum absolute atomic E-state index is 15.8. The normalized spacial score (nSPS) is 37.4. The second-order valence-electron chi connectivity index (χ2n) is 12.3. The molecule has 0 saturated heterocycles. The number of aliphatic hydroxyl groups is 2. The van der Waals surface area contributed by atoms with Crippen molar-refractivity contribution in [3.05, 3.63) is 52.1 Å². The zero-order valence-electron chi connectivity index (χ0n) is 21.6. The van der Waals surface area contributed by atoms with E-state index in [0.29, 0.717) is 30.7 Å². The molecular weight excluding hydrogens is 456 g/mol. The van der Waals surface area contributed by atoms with E-state index in [2.05, 4.69) is 18.8 Å². The number of hydrogen-bond donors (Lipinski definition) is 2. The Labute approximate surface area is 213 Å². The van der Waals surface area contributed by atoms with Crippen molar-refractivity contribution >= 4 is 5.69 Å². The van der Waals surface area contributed by atoms with Crippen LogP contribution < -0.4 is 4.90 Å². The summed E-state index contributed by atoms with van der Waals surface area (Å²) in [5.74, 6) is 6.37. The highest BCUT2D eigenvalue weighted by Gasteiger charge is 2.62. The minimum atomic E-state index is -1.10. The third-order valence-corrected chi connectivity index (χ3v) is 10.00. The summed E-state index contributed by atoms with van der Waals surface area (Å²) in [4.78, 5) is 1.60. The monoisotopic (exact) mass is 493 g/mol. The van der Waals surface area contributed by atoms with Gasteiger partial charge < -0.3 is 15.1 Å². The SMILES string of the molecule is CN(C)c1cc(F)c([C@H]2C[C@@]3(C)[C@@H](CC[C@@]3(O)C#CC3CC3)[C@@H]3CCC4=CC(O)CCC4=C32)cc1F. The number of halogens is 2. The summed E-state index contributed by atoms with van der Waals surface area (Å²) in [5.41, 5.74) is 2.70. The van der Waals surface area contributed by atoms with Crippen molar-refractivity contribution in [3.63, 3.8) is 0 Å². The van der Waals surface area contributed by atoms with Crippen molar-refractivity contribution in [1.82, 2.24) is 0 Å². The highest BCUT2D eigenvalue weighted by atomic mass is 19.1. The number of allylic oxidation sites excluding steroid dienone is 3. The summed E-state index contributed by atoms with van der Waals surface area (Å²) in [6.45, 7) is 2.15. The van der Waals surface area contributed by atoms with Gasteiger partial charge in [0, 0.05) is 37.4 Å². The van der Waals surface area contributed by atoms with Crippen molar-refractivity contribution in [2.24, 2.45) is 23.2 Å². The van der Waals surface area contributed by atoms with E-state index in [4.69, 9.17) is 0 Å². The maximum Gasteiger partial charge on any atom is 0.146 e. The lowest BCUT2D eigenvalue weighted by atomic mass is 9.51. The largest absolute Gasteiger partial charge is 0.389 e. The van der Waals surface area contributed by atoms with Gasteiger partial charge in [0.25, 0.3) is 0 Å². The van der Waals surface area contributed by atoms with E-state index in [-0.39, 0.29) is 23.4 Å². The van der Waals surface area contributed by atoms with Crippen molar-refractivity contribution in [2.75, 3.05) is 19.0 Å². The summed E-state index contributed by atoms with van der Waals surface area (Å²) in [5, 5.41) is 22.3. The molecule has 0 spiro atoms. The van der Waals surface area contributed by atoms with Crippen LogP contribution in [0, 0.1) is 46.6 Å². The van der Waals surface area contributed by atoms with Crippen molar-refractivity contribution in [1.29, 1.82) is 0 Å². The van der Waals surface area contributed by atoms with Crippen LogP contribution in [0.15, 0.2) is 34.9 Å². The Morgan fingerprint density at radius 2 is 1.81 bits per heavy atom. The fourth-order valence-corrected chi connectivity index (χ4v) is 7.88. The molecule has 3 nitrogen and oxygen atoms in total. The molecule has 0 aromatic heterocycles. The molecule has 0 bridgehead atoms. The maximum atomic E-state index is 15.8. The zero-order valence-corrected chi connectivity index (χ0v) is 21.6. The number of hydrogen-bond acceptors (Lipinski definition) is 3. The van der Waals surface area contributed by atoms with Gasteiger partial charge in [-0.15, -0.1) is 0 Å². The van der Waals surface area contributed by atoms with Gasteiger partial charge in [0.05, 0.1) is 11.8 Å². The van der Waals surface area contributed by atoms with Crippen LogP contribution in [0.1, 0.15) is 76.2 Å². The molecule has 0 radical (unpaired) electrons. The van der Waals surface area contributed by atoms with Crippen LogP contribution in [-0.2, 0) is 0 Å². The number of aliphatic hydroxyl groups excluding tert-OH is 1. The first-order chi connectivity index (χ1) is 17.1. The van der Waals surface area contributed by atoms with E-state index >= 15 is 8.78 Å². The fourth-order valence-electron chi connectivity index (χ4n) is 7.88. The zero-order chi connectivity index (χ0) is 25.4. The molecule has 0 heterocycles. The first kappa shape index (κ1) is 24.2. The molecule has 3 saturated carbocycles. The standard InChI is InChI=1S/C31H37F2NO2/c1-30-17-24(23-15-27(33)28(34(2)3)16-26(23)32)29-21-9-7-20(35)14-19(21)6-8-22(29)25(30)11-13-31(30,36)12-10-18-4-5-18/h14-16,18,20,22,24-25,35-36H,4-9,11,13,17H2,1-3H3/t20?,22-,24+,25-,30-,31-/m0/s1. The Bertz CT molecular complexity index is 1220. The number of fused-ring (bicyclic) bond motifs is 4. The van der Waals surface area contributed by atoms with Crippen LogP contribution in [0.5, 0.6) is 0 Å². The number of nitrogens with zero attached hydrogens (tertiary/aromatic N) is 1. The molecule has 6 atom stereocenters. The van der Waals surface area contributed by atoms with Gasteiger partial charge in [0.15, 0.2) is 0 Å². The lowest BCUT2D eigenvalue weighted by molar-refractivity contribution is -0.0516. The first-order valence-corrected chi connectivity index (χ1v) is 13.6. The molecule has 5 aliphatic carbocycles. The Morgan fingerprint density at radius 3 is 2.53 bits per heavy atom. The summed E-state index contributed by atoms with van der Waals surface area (Å²) < 4.78 is 31.0. The Morgan fingerprint density at radius 1 is 1.03 bits per heavy atom. The molecule has 5 aliphatic rings. The lowest BCUT2D eigenvalue weighted by Gasteiger charge is -2.54. The quantitative estimate of drug-likeness (QED) is 0.507. The van der Waals surface area contributed by atoms with Gasteiger partial charge in [-0.2, -0.15) is 0 Å². The molecule has 1 unspecified atom stereocenters. The second kappa shape index (κ2) is 8.43. The molecule has 1 aromatic rings. The van der Waals surface area contributed by atoms with Crippen molar-refractivity contribution in [3.8, 4) is 11.8 Å². The van der Waals surface area contributed by atoms with Crippen LogP contribution in [0.2, 0.25) is 0 Å². The third kappa shape index (κ3) is 3.67. The first-order valence-electron chi connectivity index (χ1n) is 13.6. The molecule has 6 rings (SSSR count). The fraction of sp³-hybridized carbons (Fsp3) is 0.613. The molecule has 1 aromatic carbocycles. The highest BCUT2D eigenvalue weighted by Crippen LogP contribution is 2.67. The second-order valence-corrected chi connectivity index (χ2v) is 12.3. The molecular formula is C31H37F2NO2. The Hall–Kier alpha value is -2.16. The highest BCUT2D eigenvalue weighted by molar-refractivity contribution is 5.54. The predicted octanol–water partition coefficient (Wildman–Crippen LogP) is 5.87. The van der Waals surface area contributed by atoms with Crippen molar-refractivity contribution < 1.29 is 19.0 Å². The van der Waals surface area contributed by atoms with Gasteiger partial charge in [-0.25, -0.2) is 8.78 Å². The van der Waals surface area contributed by atoms with Crippen molar-refractivity contribution in [2.45, 2.75) is 82.3 Å². The van der Waals surface area contributed by atoms with E-state index in [1.165, 1.54) is 28.9 Å². The molecule has 3 fully saturated rings. The van der Waals surface area contributed by atoms with Gasteiger partial charge in [-0.05, 0) is 92.4 Å². The molecule has 2 N–H and O–H groups in total. The van der Waals surface area contributed by atoms with Crippen LogP contribution in [0.25, 0.3) is 0 Å². The topological polar surface area (TPSA) is 43.7 Å². The minimum Gasteiger partial charge on any atom is -0.389 e. The van der Waals surface area contributed by atoms with E-state index in [0.717, 1.165) is 38.5 Å². The van der Waals surface area contributed by atoms with E-state index < -0.39 is 28.8 Å². The van der Waals surface area contributed by atoms with Gasteiger partial charge in [0.2, 0.25) is 0 Å². The van der Waals surface area contributed by atoms with Crippen LogP contribution >= 0.6 is 0 Å². The van der Waals surface area contributed by atoms with Crippen LogP contribution in [0.3, 0.4) is 0 Å².